The molecular weight excluding hydrogens is 96.1 g/mol. The summed E-state index contributed by atoms with van der Waals surface area (Å²) in [7, 11) is 0. The summed E-state index contributed by atoms with van der Waals surface area (Å²) < 4.78 is 7.14. The normalized spacial score (nSPS) is 15.5. The lowest BCUT2D eigenvalue weighted by molar-refractivity contribution is 0.492. The van der Waals surface area contributed by atoms with Crippen LogP contribution in [0.15, 0.2) is 0 Å². The highest BCUT2D eigenvalue weighted by molar-refractivity contribution is 4.47. The zero-order valence-electron chi connectivity index (χ0n) is 7.11. The molecule has 50 valence electrons. The minimum atomic E-state index is 0.622. The lowest BCUT2D eigenvalue weighted by Crippen LogP contribution is -1.89. The van der Waals surface area contributed by atoms with E-state index in [4.69, 9.17) is 1.37 Å². The molecule has 0 heterocycles. The fourth-order valence-corrected chi connectivity index (χ4v) is 0.697. The molecule has 0 aliphatic carbocycles. The molecule has 0 aromatic rings. The maximum absolute atomic E-state index is 7.14. The molecule has 0 saturated carbocycles. The highest BCUT2D eigenvalue weighted by atomic mass is 14.0. The van der Waals surface area contributed by atoms with Crippen molar-refractivity contribution >= 4 is 0 Å². The first-order valence-corrected chi connectivity index (χ1v) is 3.64. The van der Waals surface area contributed by atoms with Crippen molar-refractivity contribution in [3.8, 4) is 0 Å². The van der Waals surface area contributed by atoms with Crippen molar-refractivity contribution in [2.75, 3.05) is 0 Å². The summed E-state index contributed by atoms with van der Waals surface area (Å²) in [6.45, 7) is 5.00. The largest absolute Gasteiger partial charge is 0.0654 e. The third-order valence-corrected chi connectivity index (χ3v) is 1.54. The monoisotopic (exact) mass is 115 g/mol. The summed E-state index contributed by atoms with van der Waals surface area (Å²) in [4.78, 5) is 0. The second kappa shape index (κ2) is 5.14. The van der Waals surface area contributed by atoms with Gasteiger partial charge in [0.05, 0.1) is 0 Å². The Labute approximate surface area is 54.7 Å². The van der Waals surface area contributed by atoms with Crippen molar-refractivity contribution in [2.45, 2.75) is 46.4 Å². The smallest absolute Gasteiger partial charge is 0.0233 e. The Balaban J connectivity index is 3.09. The minimum absolute atomic E-state index is 0.622. The highest BCUT2D eigenvalue weighted by Gasteiger charge is 1.94. The van der Waals surface area contributed by atoms with Gasteiger partial charge in [-0.15, -0.1) is 0 Å². The van der Waals surface area contributed by atoms with Gasteiger partial charge in [0.25, 0.3) is 0 Å². The van der Waals surface area contributed by atoms with Crippen LogP contribution in [0.25, 0.3) is 0 Å². The Morgan fingerprint density at radius 3 is 2.62 bits per heavy atom. The van der Waals surface area contributed by atoms with Gasteiger partial charge in [0.1, 0.15) is 0 Å². The molecule has 0 fully saturated rings. The molecule has 0 aromatic heterocycles. The van der Waals surface area contributed by atoms with Crippen LogP contribution in [0.5, 0.6) is 0 Å². The van der Waals surface area contributed by atoms with Gasteiger partial charge in [-0.05, 0) is 5.92 Å². The maximum atomic E-state index is 7.14. The third-order valence-electron chi connectivity index (χ3n) is 1.54. The second-order valence-corrected chi connectivity index (χ2v) is 2.42. The third kappa shape index (κ3) is 4.17. The molecule has 0 rings (SSSR count). The van der Waals surface area contributed by atoms with E-state index in [1.54, 1.807) is 0 Å². The summed E-state index contributed by atoms with van der Waals surface area (Å²) in [6.07, 6.45) is 5.02. The van der Waals surface area contributed by atoms with Gasteiger partial charge in [0.2, 0.25) is 0 Å². The molecule has 8 heavy (non-hydrogen) atoms. The molecule has 0 aliphatic heterocycles. The standard InChI is InChI=1S/C8H18/c1-4-6-7-8(3)5-2/h8H,4-7H2,1-3H3/i3D. The molecule has 0 radical (unpaired) electrons. The van der Waals surface area contributed by atoms with E-state index in [1.165, 1.54) is 25.7 Å². The van der Waals surface area contributed by atoms with Crippen LogP contribution in [0.3, 0.4) is 0 Å². The van der Waals surface area contributed by atoms with Gasteiger partial charge in [-0.2, -0.15) is 0 Å². The van der Waals surface area contributed by atoms with Gasteiger partial charge < -0.3 is 0 Å². The van der Waals surface area contributed by atoms with E-state index < -0.39 is 0 Å². The van der Waals surface area contributed by atoms with Crippen LogP contribution in [0.2, 0.25) is 0 Å². The quantitative estimate of drug-likeness (QED) is 0.527. The SMILES string of the molecule is [2H]CC(CC)CCCC. The molecule has 0 nitrogen and oxygen atoms in total. The van der Waals surface area contributed by atoms with E-state index in [0.717, 1.165) is 0 Å². The first kappa shape index (κ1) is 6.12. The summed E-state index contributed by atoms with van der Waals surface area (Å²) in [5, 5.41) is 0. The van der Waals surface area contributed by atoms with Gasteiger partial charge in [0, 0.05) is 1.37 Å². The van der Waals surface area contributed by atoms with Crippen molar-refractivity contribution in [2.24, 2.45) is 5.92 Å². The van der Waals surface area contributed by atoms with Gasteiger partial charge in [-0.1, -0.05) is 46.4 Å². The Kier molecular flexibility index (Phi) is 3.94. The maximum Gasteiger partial charge on any atom is 0.0233 e. The molecule has 0 heteroatoms. The zero-order valence-corrected chi connectivity index (χ0v) is 6.11. The first-order valence-electron chi connectivity index (χ1n) is 4.35. The fraction of sp³-hybridized carbons (Fsp3) is 1.00. The number of hydrogen-bond donors (Lipinski definition) is 0. The van der Waals surface area contributed by atoms with E-state index in [9.17, 15) is 0 Å². The van der Waals surface area contributed by atoms with E-state index in [1.807, 2.05) is 0 Å². The van der Waals surface area contributed by atoms with E-state index in [-0.39, 0.29) is 0 Å². The first-order chi connectivity index (χ1) is 4.35. The molecule has 0 N–H and O–H groups in total. The van der Waals surface area contributed by atoms with Crippen LogP contribution in [-0.4, -0.2) is 0 Å². The molecule has 0 aliphatic rings. The number of rotatable bonds is 4. The summed E-state index contributed by atoms with van der Waals surface area (Å²) >= 11 is 0. The summed E-state index contributed by atoms with van der Waals surface area (Å²) in [5.74, 6) is 0.671. The lowest BCUT2D eigenvalue weighted by Gasteiger charge is -2.04. The molecular formula is C8H18. The Morgan fingerprint density at radius 1 is 1.50 bits per heavy atom. The molecule has 0 amide bonds. The number of hydrogen-bond acceptors (Lipinski definition) is 0. The predicted octanol–water partition coefficient (Wildman–Crippen LogP) is 3.22. The molecule has 1 atom stereocenters. The lowest BCUT2D eigenvalue weighted by atomic mass is 10.0. The van der Waals surface area contributed by atoms with E-state index in [2.05, 4.69) is 13.8 Å². The van der Waals surface area contributed by atoms with Crippen molar-refractivity contribution in [3.63, 3.8) is 0 Å². The highest BCUT2D eigenvalue weighted by Crippen LogP contribution is 2.09. The Bertz CT molecular complexity index is 48.5. The van der Waals surface area contributed by atoms with Crippen LogP contribution in [-0.2, 0) is 0 Å². The van der Waals surface area contributed by atoms with E-state index >= 15 is 0 Å². The second-order valence-electron chi connectivity index (χ2n) is 2.42. The molecule has 0 aromatic carbocycles. The average Bonchev–Trinajstić information content (AvgIpc) is 1.91. The van der Waals surface area contributed by atoms with Crippen molar-refractivity contribution in [3.05, 3.63) is 0 Å². The minimum Gasteiger partial charge on any atom is -0.0654 e. The summed E-state index contributed by atoms with van der Waals surface area (Å²) in [6, 6.07) is 0. The van der Waals surface area contributed by atoms with E-state index in [0.29, 0.717) is 12.8 Å². The van der Waals surface area contributed by atoms with Gasteiger partial charge >= 0.3 is 0 Å². The summed E-state index contributed by atoms with van der Waals surface area (Å²) in [5.41, 5.74) is 0. The van der Waals surface area contributed by atoms with Crippen molar-refractivity contribution in [1.82, 2.24) is 0 Å². The van der Waals surface area contributed by atoms with Crippen LogP contribution < -0.4 is 0 Å². The number of unbranched alkanes of at least 4 members (excludes halogenated alkanes) is 1. The Morgan fingerprint density at radius 2 is 2.25 bits per heavy atom. The van der Waals surface area contributed by atoms with Crippen LogP contribution in [0, 0.1) is 5.92 Å². The molecule has 0 bridgehead atoms. The van der Waals surface area contributed by atoms with Crippen molar-refractivity contribution in [1.29, 1.82) is 0 Å². The topological polar surface area (TPSA) is 0 Å². The van der Waals surface area contributed by atoms with Gasteiger partial charge in [-0.3, -0.25) is 0 Å². The van der Waals surface area contributed by atoms with Crippen LogP contribution in [0.4, 0.5) is 0 Å². The molecule has 0 spiro atoms. The average molecular weight is 115 g/mol. The molecule has 1 unspecified atom stereocenters. The Hall–Kier alpha value is 0. The van der Waals surface area contributed by atoms with Crippen molar-refractivity contribution < 1.29 is 1.37 Å². The van der Waals surface area contributed by atoms with Crippen LogP contribution >= 0.6 is 0 Å². The molecule has 0 saturated heterocycles. The van der Waals surface area contributed by atoms with Gasteiger partial charge in [0.15, 0.2) is 0 Å². The van der Waals surface area contributed by atoms with Gasteiger partial charge in [-0.25, -0.2) is 0 Å². The fourth-order valence-electron chi connectivity index (χ4n) is 0.697. The zero-order chi connectivity index (χ0) is 7.11. The van der Waals surface area contributed by atoms with Crippen LogP contribution in [0.1, 0.15) is 47.8 Å². The predicted molar refractivity (Wildman–Crippen MR) is 39.0 cm³/mol.